The third kappa shape index (κ3) is 4.14. The fourth-order valence-electron chi connectivity index (χ4n) is 2.05. The normalized spacial score (nSPS) is 14.4. The van der Waals surface area contributed by atoms with Crippen LogP contribution in [-0.4, -0.2) is 64.7 Å². The standard InChI is InChI=1S/C14H18N4O3S/c1-2-21-14(20)18-8-6-17(7-9-18)13(22)16-12(19)11-4-3-5-15-10-11/h3-5,10H,2,6-9H2,1H3,(H,16,19,22). The first-order chi connectivity index (χ1) is 10.6. The number of carbonyl (C=O) groups excluding carboxylic acids is 2. The Balaban J connectivity index is 1.83. The Hall–Kier alpha value is -2.22. The van der Waals surface area contributed by atoms with Gasteiger partial charge in [-0.1, -0.05) is 0 Å². The Kier molecular flexibility index (Phi) is 5.65. The molecule has 0 aromatic carbocycles. The quantitative estimate of drug-likeness (QED) is 0.815. The molecule has 0 atom stereocenters. The van der Waals surface area contributed by atoms with Crippen molar-refractivity contribution in [2.75, 3.05) is 32.8 Å². The first-order valence-electron chi connectivity index (χ1n) is 7.03. The highest BCUT2D eigenvalue weighted by Gasteiger charge is 2.24. The Labute approximate surface area is 134 Å². The van der Waals surface area contributed by atoms with E-state index in [0.717, 1.165) is 0 Å². The Morgan fingerprint density at radius 1 is 1.32 bits per heavy atom. The van der Waals surface area contributed by atoms with Crippen LogP contribution in [0.2, 0.25) is 0 Å². The van der Waals surface area contributed by atoms with E-state index in [2.05, 4.69) is 10.3 Å². The van der Waals surface area contributed by atoms with Gasteiger partial charge in [0.05, 0.1) is 12.2 Å². The molecule has 0 spiro atoms. The van der Waals surface area contributed by atoms with Crippen LogP contribution in [0.15, 0.2) is 24.5 Å². The summed E-state index contributed by atoms with van der Waals surface area (Å²) < 4.78 is 4.96. The monoisotopic (exact) mass is 322 g/mol. The van der Waals surface area contributed by atoms with Crippen LogP contribution in [-0.2, 0) is 4.74 Å². The predicted molar refractivity (Wildman–Crippen MR) is 84.5 cm³/mol. The van der Waals surface area contributed by atoms with E-state index in [1.165, 1.54) is 6.20 Å². The van der Waals surface area contributed by atoms with Crippen molar-refractivity contribution in [3.8, 4) is 0 Å². The number of rotatable bonds is 2. The molecule has 0 aliphatic carbocycles. The molecular weight excluding hydrogens is 304 g/mol. The number of nitrogens with one attached hydrogen (secondary N) is 1. The number of hydrogen-bond donors (Lipinski definition) is 1. The van der Waals surface area contributed by atoms with E-state index in [9.17, 15) is 9.59 Å². The molecule has 118 valence electrons. The summed E-state index contributed by atoms with van der Waals surface area (Å²) in [6.45, 7) is 4.29. The number of hydrogen-bond acceptors (Lipinski definition) is 5. The molecule has 1 saturated heterocycles. The fraction of sp³-hybridized carbons (Fsp3) is 0.429. The maximum atomic E-state index is 12.0. The highest BCUT2D eigenvalue weighted by atomic mass is 32.1. The lowest BCUT2D eigenvalue weighted by Gasteiger charge is -2.35. The highest BCUT2D eigenvalue weighted by Crippen LogP contribution is 2.05. The van der Waals surface area contributed by atoms with Gasteiger partial charge in [0.25, 0.3) is 5.91 Å². The number of amides is 2. The molecule has 0 saturated carbocycles. The van der Waals surface area contributed by atoms with Gasteiger partial charge in [0, 0.05) is 38.6 Å². The van der Waals surface area contributed by atoms with E-state index in [1.54, 1.807) is 30.2 Å². The molecule has 2 amide bonds. The molecule has 1 N–H and O–H groups in total. The van der Waals surface area contributed by atoms with Crippen molar-refractivity contribution < 1.29 is 14.3 Å². The zero-order valence-electron chi connectivity index (χ0n) is 12.3. The molecule has 2 heterocycles. The second-order valence-electron chi connectivity index (χ2n) is 4.67. The molecule has 1 aliphatic heterocycles. The van der Waals surface area contributed by atoms with Gasteiger partial charge >= 0.3 is 6.09 Å². The first-order valence-corrected chi connectivity index (χ1v) is 7.44. The minimum Gasteiger partial charge on any atom is -0.450 e. The van der Waals surface area contributed by atoms with E-state index in [-0.39, 0.29) is 12.0 Å². The molecule has 1 fully saturated rings. The molecule has 8 heteroatoms. The summed E-state index contributed by atoms with van der Waals surface area (Å²) >= 11 is 5.24. The number of carbonyl (C=O) groups is 2. The van der Waals surface area contributed by atoms with Crippen LogP contribution in [0.1, 0.15) is 17.3 Å². The summed E-state index contributed by atoms with van der Waals surface area (Å²) in [5.74, 6) is -0.286. The van der Waals surface area contributed by atoms with Crippen molar-refractivity contribution in [1.82, 2.24) is 20.1 Å². The van der Waals surface area contributed by atoms with Gasteiger partial charge in [-0.15, -0.1) is 0 Å². The third-order valence-electron chi connectivity index (χ3n) is 3.24. The van der Waals surface area contributed by atoms with Gasteiger partial charge in [0.1, 0.15) is 0 Å². The van der Waals surface area contributed by atoms with Gasteiger partial charge in [-0.25, -0.2) is 4.79 Å². The molecule has 2 rings (SSSR count). The zero-order valence-corrected chi connectivity index (χ0v) is 13.1. The van der Waals surface area contributed by atoms with Gasteiger partial charge < -0.3 is 14.5 Å². The topological polar surface area (TPSA) is 74.8 Å². The van der Waals surface area contributed by atoms with E-state index in [4.69, 9.17) is 17.0 Å². The van der Waals surface area contributed by atoms with Crippen molar-refractivity contribution in [2.24, 2.45) is 0 Å². The number of thiocarbonyl (C=S) groups is 1. The summed E-state index contributed by atoms with van der Waals surface area (Å²) in [4.78, 5) is 31.0. The number of ether oxygens (including phenoxy) is 1. The maximum Gasteiger partial charge on any atom is 0.409 e. The average Bonchev–Trinajstić information content (AvgIpc) is 2.56. The van der Waals surface area contributed by atoms with E-state index in [1.807, 2.05) is 4.90 Å². The van der Waals surface area contributed by atoms with Crippen molar-refractivity contribution in [3.63, 3.8) is 0 Å². The molecule has 1 aromatic heterocycles. The Morgan fingerprint density at radius 2 is 2.00 bits per heavy atom. The molecular formula is C14H18N4O3S. The Morgan fingerprint density at radius 3 is 2.59 bits per heavy atom. The number of pyridine rings is 1. The summed E-state index contributed by atoms with van der Waals surface area (Å²) in [7, 11) is 0. The number of aromatic nitrogens is 1. The van der Waals surface area contributed by atoms with Crippen LogP contribution < -0.4 is 5.32 Å². The second kappa shape index (κ2) is 7.69. The zero-order chi connectivity index (χ0) is 15.9. The fourth-order valence-corrected chi connectivity index (χ4v) is 2.33. The first kappa shape index (κ1) is 16.2. The predicted octanol–water partition coefficient (Wildman–Crippen LogP) is 0.870. The number of nitrogens with zero attached hydrogens (tertiary/aromatic N) is 3. The molecule has 0 radical (unpaired) electrons. The van der Waals surface area contributed by atoms with E-state index in [0.29, 0.717) is 43.5 Å². The van der Waals surface area contributed by atoms with Crippen molar-refractivity contribution >= 4 is 29.3 Å². The van der Waals surface area contributed by atoms with Crippen LogP contribution >= 0.6 is 12.2 Å². The average molecular weight is 322 g/mol. The van der Waals surface area contributed by atoms with Crippen LogP contribution in [0.25, 0.3) is 0 Å². The van der Waals surface area contributed by atoms with Crippen LogP contribution in [0.4, 0.5) is 4.79 Å². The second-order valence-corrected chi connectivity index (χ2v) is 5.06. The lowest BCUT2D eigenvalue weighted by Crippen LogP contribution is -2.54. The third-order valence-corrected chi connectivity index (χ3v) is 3.60. The van der Waals surface area contributed by atoms with Gasteiger partial charge in [-0.3, -0.25) is 15.1 Å². The van der Waals surface area contributed by atoms with Gasteiger partial charge in [0.15, 0.2) is 5.11 Å². The minimum absolute atomic E-state index is 0.286. The number of piperazine rings is 1. The smallest absolute Gasteiger partial charge is 0.409 e. The van der Waals surface area contributed by atoms with E-state index < -0.39 is 0 Å². The lowest BCUT2D eigenvalue weighted by molar-refractivity contribution is 0.0897. The van der Waals surface area contributed by atoms with E-state index >= 15 is 0 Å². The Bertz CT molecular complexity index is 544. The summed E-state index contributed by atoms with van der Waals surface area (Å²) in [6, 6.07) is 3.36. The van der Waals surface area contributed by atoms with Gasteiger partial charge in [-0.05, 0) is 31.3 Å². The SMILES string of the molecule is CCOC(=O)N1CCN(C(=S)NC(=O)c2cccnc2)CC1. The van der Waals surface area contributed by atoms with Crippen molar-refractivity contribution in [2.45, 2.75) is 6.92 Å². The molecule has 1 aromatic rings. The van der Waals surface area contributed by atoms with Crippen LogP contribution in [0.5, 0.6) is 0 Å². The van der Waals surface area contributed by atoms with Gasteiger partial charge in [0.2, 0.25) is 0 Å². The minimum atomic E-state index is -0.313. The van der Waals surface area contributed by atoms with Crippen LogP contribution in [0.3, 0.4) is 0 Å². The van der Waals surface area contributed by atoms with Gasteiger partial charge in [-0.2, -0.15) is 0 Å². The summed E-state index contributed by atoms with van der Waals surface area (Å²) in [6.07, 6.45) is 2.77. The van der Waals surface area contributed by atoms with Crippen LogP contribution in [0, 0.1) is 0 Å². The highest BCUT2D eigenvalue weighted by molar-refractivity contribution is 7.80. The summed E-state index contributed by atoms with van der Waals surface area (Å²) in [5.41, 5.74) is 0.454. The van der Waals surface area contributed by atoms with Crippen molar-refractivity contribution in [1.29, 1.82) is 0 Å². The lowest BCUT2D eigenvalue weighted by atomic mass is 10.3. The molecule has 22 heavy (non-hydrogen) atoms. The molecule has 0 unspecified atom stereocenters. The molecule has 1 aliphatic rings. The molecule has 0 bridgehead atoms. The maximum absolute atomic E-state index is 12.0. The summed E-state index contributed by atoms with van der Waals surface area (Å²) in [5, 5.41) is 3.04. The largest absolute Gasteiger partial charge is 0.450 e. The van der Waals surface area contributed by atoms with Crippen molar-refractivity contribution in [3.05, 3.63) is 30.1 Å². The molecule has 7 nitrogen and oxygen atoms in total.